The molecule has 2 heterocycles. The van der Waals surface area contributed by atoms with Gasteiger partial charge in [-0.15, -0.1) is 0 Å². The first-order chi connectivity index (χ1) is 7.07. The lowest BCUT2D eigenvalue weighted by molar-refractivity contribution is 0.520. The van der Waals surface area contributed by atoms with Crippen molar-refractivity contribution in [2.75, 3.05) is 0 Å². The molecule has 15 heavy (non-hydrogen) atoms. The molecule has 4 nitrogen and oxygen atoms in total. The Morgan fingerprint density at radius 2 is 1.93 bits per heavy atom. The molecule has 0 unspecified atom stereocenters. The highest BCUT2D eigenvalue weighted by molar-refractivity contribution is 5.57. The van der Waals surface area contributed by atoms with Gasteiger partial charge < -0.3 is 10.7 Å². The Morgan fingerprint density at radius 3 is 2.47 bits per heavy atom. The molecule has 4 heteroatoms. The Balaban J connectivity index is 2.37. The van der Waals surface area contributed by atoms with Crippen molar-refractivity contribution in [3.8, 4) is 11.3 Å². The van der Waals surface area contributed by atoms with Crippen LogP contribution in [0.2, 0.25) is 0 Å². The number of H-pyrrole nitrogens is 1. The topological polar surface area (TPSA) is 67.6 Å². The van der Waals surface area contributed by atoms with Gasteiger partial charge in [-0.05, 0) is 26.0 Å². The van der Waals surface area contributed by atoms with Crippen molar-refractivity contribution in [1.82, 2.24) is 15.0 Å². The fourth-order valence-corrected chi connectivity index (χ4v) is 1.33. The van der Waals surface area contributed by atoms with Crippen molar-refractivity contribution in [1.29, 1.82) is 0 Å². The Kier molecular flexibility index (Phi) is 2.28. The summed E-state index contributed by atoms with van der Waals surface area (Å²) in [6.07, 6.45) is 5.30. The molecule has 0 amide bonds. The van der Waals surface area contributed by atoms with Gasteiger partial charge in [0.05, 0.1) is 17.4 Å². The van der Waals surface area contributed by atoms with Crippen LogP contribution in [0.15, 0.2) is 30.7 Å². The van der Waals surface area contributed by atoms with Crippen LogP contribution in [0.4, 0.5) is 0 Å². The van der Waals surface area contributed by atoms with Crippen molar-refractivity contribution >= 4 is 0 Å². The van der Waals surface area contributed by atoms with Crippen molar-refractivity contribution in [2.45, 2.75) is 19.4 Å². The molecule has 3 N–H and O–H groups in total. The highest BCUT2D eigenvalue weighted by Crippen LogP contribution is 2.19. The molecule has 0 fully saturated rings. The van der Waals surface area contributed by atoms with E-state index in [1.807, 2.05) is 26.0 Å². The predicted molar refractivity (Wildman–Crippen MR) is 59.0 cm³/mol. The minimum absolute atomic E-state index is 0.439. The van der Waals surface area contributed by atoms with E-state index in [4.69, 9.17) is 5.73 Å². The quantitative estimate of drug-likeness (QED) is 0.778. The molecule has 2 aromatic rings. The van der Waals surface area contributed by atoms with Crippen molar-refractivity contribution in [3.05, 3.63) is 36.5 Å². The average Bonchev–Trinajstić information content (AvgIpc) is 2.67. The largest absolute Gasteiger partial charge is 0.340 e. The lowest BCUT2D eigenvalue weighted by Gasteiger charge is -2.14. The molecular formula is C11H14N4. The first-order valence-corrected chi connectivity index (χ1v) is 4.82. The Labute approximate surface area is 88.6 Å². The summed E-state index contributed by atoms with van der Waals surface area (Å²) in [5.74, 6) is 0.786. The summed E-state index contributed by atoms with van der Waals surface area (Å²) in [4.78, 5) is 11.4. The maximum Gasteiger partial charge on any atom is 0.126 e. The number of hydrogen-bond acceptors (Lipinski definition) is 3. The second kappa shape index (κ2) is 3.47. The van der Waals surface area contributed by atoms with E-state index in [0.717, 1.165) is 17.1 Å². The number of rotatable bonds is 2. The SMILES string of the molecule is CC(C)(N)c1ncc(-c2ccncc2)[nH]1. The van der Waals surface area contributed by atoms with Crippen LogP contribution in [0.3, 0.4) is 0 Å². The molecule has 0 radical (unpaired) electrons. The van der Waals surface area contributed by atoms with E-state index >= 15 is 0 Å². The van der Waals surface area contributed by atoms with Crippen LogP contribution in [0.1, 0.15) is 19.7 Å². The highest BCUT2D eigenvalue weighted by atomic mass is 15.0. The summed E-state index contributed by atoms with van der Waals surface area (Å²) in [7, 11) is 0. The molecule has 0 aromatic carbocycles. The Morgan fingerprint density at radius 1 is 1.27 bits per heavy atom. The van der Waals surface area contributed by atoms with Gasteiger partial charge in [0.1, 0.15) is 5.82 Å². The van der Waals surface area contributed by atoms with Crippen molar-refractivity contribution < 1.29 is 0 Å². The lowest BCUT2D eigenvalue weighted by Crippen LogP contribution is -2.30. The third-order valence-corrected chi connectivity index (χ3v) is 2.18. The number of pyridine rings is 1. The first-order valence-electron chi connectivity index (χ1n) is 4.82. The molecular weight excluding hydrogens is 188 g/mol. The fraction of sp³-hybridized carbons (Fsp3) is 0.273. The fourth-order valence-electron chi connectivity index (χ4n) is 1.33. The lowest BCUT2D eigenvalue weighted by atomic mass is 10.1. The monoisotopic (exact) mass is 202 g/mol. The predicted octanol–water partition coefficient (Wildman–Crippen LogP) is 1.67. The molecule has 0 saturated carbocycles. The zero-order valence-electron chi connectivity index (χ0n) is 8.86. The Bertz CT molecular complexity index is 439. The minimum Gasteiger partial charge on any atom is -0.340 e. The van der Waals surface area contributed by atoms with Gasteiger partial charge in [-0.3, -0.25) is 4.98 Å². The van der Waals surface area contributed by atoms with E-state index < -0.39 is 5.54 Å². The van der Waals surface area contributed by atoms with Crippen LogP contribution in [-0.2, 0) is 5.54 Å². The maximum atomic E-state index is 5.94. The second-order valence-corrected chi connectivity index (χ2v) is 4.10. The van der Waals surface area contributed by atoms with E-state index in [9.17, 15) is 0 Å². The number of aromatic amines is 1. The van der Waals surface area contributed by atoms with Crippen molar-refractivity contribution in [3.63, 3.8) is 0 Å². The van der Waals surface area contributed by atoms with Gasteiger partial charge in [0, 0.05) is 18.0 Å². The van der Waals surface area contributed by atoms with Crippen molar-refractivity contribution in [2.24, 2.45) is 5.73 Å². The van der Waals surface area contributed by atoms with Gasteiger partial charge in [-0.25, -0.2) is 4.98 Å². The van der Waals surface area contributed by atoms with Crippen LogP contribution in [0, 0.1) is 0 Å². The molecule has 78 valence electrons. The van der Waals surface area contributed by atoms with Gasteiger partial charge in [0.25, 0.3) is 0 Å². The smallest absolute Gasteiger partial charge is 0.126 e. The highest BCUT2D eigenvalue weighted by Gasteiger charge is 2.17. The number of nitrogens with zero attached hydrogens (tertiary/aromatic N) is 2. The molecule has 2 aromatic heterocycles. The molecule has 2 rings (SSSR count). The van der Waals surface area contributed by atoms with E-state index in [0.29, 0.717) is 0 Å². The normalized spacial score (nSPS) is 11.7. The first kappa shape index (κ1) is 9.86. The zero-order valence-corrected chi connectivity index (χ0v) is 8.86. The number of aromatic nitrogens is 3. The van der Waals surface area contributed by atoms with E-state index in [1.165, 1.54) is 0 Å². The summed E-state index contributed by atoms with van der Waals surface area (Å²) >= 11 is 0. The summed E-state index contributed by atoms with van der Waals surface area (Å²) < 4.78 is 0. The minimum atomic E-state index is -0.439. The number of nitrogens with two attached hydrogens (primary N) is 1. The molecule has 0 bridgehead atoms. The molecule has 0 aliphatic carbocycles. The van der Waals surface area contributed by atoms with Crippen LogP contribution < -0.4 is 5.73 Å². The molecule has 0 aliphatic heterocycles. The van der Waals surface area contributed by atoms with Gasteiger partial charge >= 0.3 is 0 Å². The Hall–Kier alpha value is -1.68. The van der Waals surface area contributed by atoms with Crippen LogP contribution in [-0.4, -0.2) is 15.0 Å². The van der Waals surface area contributed by atoms with Gasteiger partial charge in [0.15, 0.2) is 0 Å². The number of nitrogens with one attached hydrogen (secondary N) is 1. The van der Waals surface area contributed by atoms with Gasteiger partial charge in [-0.1, -0.05) is 0 Å². The molecule has 0 atom stereocenters. The number of hydrogen-bond donors (Lipinski definition) is 2. The second-order valence-electron chi connectivity index (χ2n) is 4.10. The third-order valence-electron chi connectivity index (χ3n) is 2.18. The van der Waals surface area contributed by atoms with Gasteiger partial charge in [0.2, 0.25) is 0 Å². The number of imidazole rings is 1. The van der Waals surface area contributed by atoms with E-state index in [-0.39, 0.29) is 0 Å². The van der Waals surface area contributed by atoms with Crippen LogP contribution in [0.5, 0.6) is 0 Å². The van der Waals surface area contributed by atoms with Crippen LogP contribution in [0.25, 0.3) is 11.3 Å². The molecule has 0 spiro atoms. The molecule has 0 aliphatic rings. The third kappa shape index (κ3) is 2.05. The maximum absolute atomic E-state index is 5.94. The van der Waals surface area contributed by atoms with E-state index in [2.05, 4.69) is 15.0 Å². The molecule has 0 saturated heterocycles. The zero-order chi connectivity index (χ0) is 10.9. The summed E-state index contributed by atoms with van der Waals surface area (Å²) in [6.45, 7) is 3.84. The average molecular weight is 202 g/mol. The van der Waals surface area contributed by atoms with Gasteiger partial charge in [-0.2, -0.15) is 0 Å². The summed E-state index contributed by atoms with van der Waals surface area (Å²) in [6, 6.07) is 3.86. The summed E-state index contributed by atoms with van der Waals surface area (Å²) in [5, 5.41) is 0. The standard InChI is InChI=1S/C11H14N4/c1-11(2,12)10-14-7-9(15-10)8-3-5-13-6-4-8/h3-7H,12H2,1-2H3,(H,14,15). The summed E-state index contributed by atoms with van der Waals surface area (Å²) in [5.41, 5.74) is 7.53. The van der Waals surface area contributed by atoms with Crippen LogP contribution >= 0.6 is 0 Å². The van der Waals surface area contributed by atoms with E-state index in [1.54, 1.807) is 18.6 Å².